The molecule has 0 saturated carbocycles. The molecule has 0 amide bonds. The molecule has 0 aliphatic heterocycles. The summed E-state index contributed by atoms with van der Waals surface area (Å²) in [6.45, 7) is 0. The third-order valence-electron chi connectivity index (χ3n) is 2.31. The van der Waals surface area contributed by atoms with Crippen molar-refractivity contribution in [1.82, 2.24) is 9.97 Å². The van der Waals surface area contributed by atoms with Gasteiger partial charge in [-0.3, -0.25) is 4.98 Å². The maximum absolute atomic E-state index is 4.08. The van der Waals surface area contributed by atoms with Gasteiger partial charge in [0.15, 0.2) is 0 Å². The third kappa shape index (κ3) is 0.855. The zero-order chi connectivity index (χ0) is 8.67. The summed E-state index contributed by atoms with van der Waals surface area (Å²) < 4.78 is 0. The lowest BCUT2D eigenvalue weighted by atomic mass is 10.2. The average molecular weight is 170 g/mol. The van der Waals surface area contributed by atoms with Crippen LogP contribution < -0.4 is 0 Å². The molecule has 0 bridgehead atoms. The van der Waals surface area contributed by atoms with Crippen LogP contribution in [0.4, 0.5) is 0 Å². The van der Waals surface area contributed by atoms with Crippen LogP contribution in [0.15, 0.2) is 42.7 Å². The van der Waals surface area contributed by atoms with E-state index >= 15 is 0 Å². The quantitative estimate of drug-likeness (QED) is 0.552. The lowest BCUT2D eigenvalue weighted by Gasteiger charge is -1.87. The average Bonchev–Trinajstić information content (AvgIpc) is 2.56. The molecule has 0 aliphatic rings. The minimum atomic E-state index is 1.10. The Hall–Kier alpha value is -1.83. The molecule has 0 radical (unpaired) electrons. The number of aromatic nitrogens is 2. The number of hydrogen-bond acceptors (Lipinski definition) is 1. The van der Waals surface area contributed by atoms with E-state index in [0.717, 1.165) is 5.52 Å². The second-order valence-electron chi connectivity index (χ2n) is 3.09. The normalized spacial score (nSPS) is 11.1. The second-order valence-corrected chi connectivity index (χ2v) is 3.09. The molecule has 2 heterocycles. The standard InChI is InChI=1S/C11H8N2/c1-2-4-10-8(3-1)9-5-6-12-7-11(9)13-10/h1-7,13H/i7+2. The topological polar surface area (TPSA) is 28.7 Å². The van der Waals surface area contributed by atoms with Crippen LogP contribution in [0.5, 0.6) is 0 Å². The number of nitrogens with zero attached hydrogens (tertiary/aromatic N) is 1. The maximum Gasteiger partial charge on any atom is 0.0651 e. The third-order valence-corrected chi connectivity index (χ3v) is 2.31. The summed E-state index contributed by atoms with van der Waals surface area (Å²) in [7, 11) is 0. The van der Waals surface area contributed by atoms with Crippen molar-refractivity contribution in [2.75, 3.05) is 0 Å². The molecule has 62 valence electrons. The van der Waals surface area contributed by atoms with E-state index in [2.05, 4.69) is 28.2 Å². The molecule has 1 aromatic carbocycles. The van der Waals surface area contributed by atoms with Crippen molar-refractivity contribution in [2.45, 2.75) is 0 Å². The van der Waals surface area contributed by atoms with E-state index in [1.165, 1.54) is 16.3 Å². The number of hydrogen-bond donors (Lipinski definition) is 1. The zero-order valence-corrected chi connectivity index (χ0v) is 6.99. The first-order chi connectivity index (χ1) is 6.45. The predicted molar refractivity (Wildman–Crippen MR) is 53.6 cm³/mol. The van der Waals surface area contributed by atoms with Crippen molar-refractivity contribution in [3.8, 4) is 0 Å². The lowest BCUT2D eigenvalue weighted by Crippen LogP contribution is -1.68. The molecule has 1 N–H and O–H groups in total. The first kappa shape index (κ1) is 6.66. The number of nitrogens with one attached hydrogen (secondary N) is 1. The molecule has 3 aromatic rings. The molecule has 2 nitrogen and oxygen atoms in total. The van der Waals surface area contributed by atoms with Crippen molar-refractivity contribution >= 4 is 21.8 Å². The number of H-pyrrole nitrogens is 1. The molecular formula is C11H8N2. The molecule has 0 unspecified atom stereocenters. The van der Waals surface area contributed by atoms with E-state index in [4.69, 9.17) is 0 Å². The summed E-state index contributed by atoms with van der Waals surface area (Å²) in [6, 6.07) is 10.3. The summed E-state index contributed by atoms with van der Waals surface area (Å²) in [4.78, 5) is 7.39. The van der Waals surface area contributed by atoms with Gasteiger partial charge in [-0.05, 0) is 12.1 Å². The molecule has 0 atom stereocenters. The van der Waals surface area contributed by atoms with Gasteiger partial charge >= 0.3 is 0 Å². The number of aromatic amines is 1. The van der Waals surface area contributed by atoms with Crippen LogP contribution in [-0.4, -0.2) is 9.97 Å². The van der Waals surface area contributed by atoms with Crippen molar-refractivity contribution in [1.29, 1.82) is 0 Å². The second kappa shape index (κ2) is 2.33. The van der Waals surface area contributed by atoms with Crippen LogP contribution in [0.3, 0.4) is 0 Å². The highest BCUT2D eigenvalue weighted by atomic mass is 15.1. The van der Waals surface area contributed by atoms with Crippen molar-refractivity contribution in [2.24, 2.45) is 0 Å². The Bertz CT molecular complexity index is 516. The molecule has 0 saturated heterocycles. The summed E-state index contributed by atoms with van der Waals surface area (Å²) in [6.07, 6.45) is 3.68. The van der Waals surface area contributed by atoms with Gasteiger partial charge < -0.3 is 4.98 Å². The zero-order valence-electron chi connectivity index (χ0n) is 6.99. The number of rotatable bonds is 0. The van der Waals surface area contributed by atoms with Gasteiger partial charge in [0.05, 0.1) is 11.7 Å². The van der Waals surface area contributed by atoms with Crippen LogP contribution in [0.25, 0.3) is 21.8 Å². The fourth-order valence-corrected chi connectivity index (χ4v) is 1.70. The van der Waals surface area contributed by atoms with E-state index in [1.807, 2.05) is 24.5 Å². The van der Waals surface area contributed by atoms with E-state index in [9.17, 15) is 0 Å². The SMILES string of the molecule is c1ccc2c(c1)[nH]c1[14cH]nccc12. The smallest absolute Gasteiger partial charge is 0.0651 e. The van der Waals surface area contributed by atoms with Gasteiger partial charge in [0.25, 0.3) is 0 Å². The summed E-state index contributed by atoms with van der Waals surface area (Å²) in [5.74, 6) is 0. The van der Waals surface area contributed by atoms with Crippen LogP contribution in [0.1, 0.15) is 0 Å². The molecule has 3 rings (SSSR count). The van der Waals surface area contributed by atoms with Crippen LogP contribution in [0.2, 0.25) is 0 Å². The highest BCUT2D eigenvalue weighted by Gasteiger charge is 2.00. The molecular weight excluding hydrogens is 162 g/mol. The predicted octanol–water partition coefficient (Wildman–Crippen LogP) is 2.72. The largest absolute Gasteiger partial charge is 0.353 e. The number of pyridine rings is 1. The van der Waals surface area contributed by atoms with Crippen molar-refractivity contribution < 1.29 is 0 Å². The number of para-hydroxylation sites is 1. The monoisotopic (exact) mass is 170 g/mol. The number of benzene rings is 1. The van der Waals surface area contributed by atoms with Gasteiger partial charge in [-0.1, -0.05) is 18.2 Å². The first-order valence-electron chi connectivity index (χ1n) is 4.25. The summed E-state index contributed by atoms with van der Waals surface area (Å²) in [5, 5.41) is 2.51. The van der Waals surface area contributed by atoms with Gasteiger partial charge in [0.2, 0.25) is 0 Å². The van der Waals surface area contributed by atoms with E-state index in [1.54, 1.807) is 0 Å². The van der Waals surface area contributed by atoms with Crippen LogP contribution in [-0.2, 0) is 0 Å². The van der Waals surface area contributed by atoms with Gasteiger partial charge in [-0.2, -0.15) is 0 Å². The van der Waals surface area contributed by atoms with Crippen LogP contribution >= 0.6 is 0 Å². The van der Waals surface area contributed by atoms with E-state index < -0.39 is 0 Å². The Kier molecular flexibility index (Phi) is 1.19. The molecule has 0 spiro atoms. The van der Waals surface area contributed by atoms with Crippen LogP contribution in [0, 0.1) is 0 Å². The lowest BCUT2D eigenvalue weighted by molar-refractivity contribution is 1.35. The summed E-state index contributed by atoms with van der Waals surface area (Å²) in [5.41, 5.74) is 2.27. The molecule has 2 aromatic heterocycles. The van der Waals surface area contributed by atoms with E-state index in [-0.39, 0.29) is 0 Å². The van der Waals surface area contributed by atoms with Crippen molar-refractivity contribution in [3.63, 3.8) is 0 Å². The molecule has 13 heavy (non-hydrogen) atoms. The Morgan fingerprint density at radius 2 is 2.00 bits per heavy atom. The van der Waals surface area contributed by atoms with Gasteiger partial charge in [0, 0.05) is 22.5 Å². The Morgan fingerprint density at radius 3 is 3.00 bits per heavy atom. The van der Waals surface area contributed by atoms with Gasteiger partial charge in [-0.15, -0.1) is 0 Å². The minimum absolute atomic E-state index is 1.10. The van der Waals surface area contributed by atoms with Gasteiger partial charge in [-0.25, -0.2) is 0 Å². The minimum Gasteiger partial charge on any atom is -0.353 e. The molecule has 0 aliphatic carbocycles. The highest BCUT2D eigenvalue weighted by molar-refractivity contribution is 6.06. The Labute approximate surface area is 75.2 Å². The Morgan fingerprint density at radius 1 is 1.08 bits per heavy atom. The fourth-order valence-electron chi connectivity index (χ4n) is 1.70. The molecule has 2 heteroatoms. The highest BCUT2D eigenvalue weighted by Crippen LogP contribution is 2.23. The maximum atomic E-state index is 4.08. The van der Waals surface area contributed by atoms with Gasteiger partial charge in [0.1, 0.15) is 0 Å². The Balaban J connectivity index is 2.64. The number of fused-ring (bicyclic) bond motifs is 3. The summed E-state index contributed by atoms with van der Waals surface area (Å²) >= 11 is 0. The van der Waals surface area contributed by atoms with E-state index in [0.29, 0.717) is 0 Å². The molecule has 0 fully saturated rings. The first-order valence-corrected chi connectivity index (χ1v) is 4.25. The van der Waals surface area contributed by atoms with Crippen molar-refractivity contribution in [3.05, 3.63) is 42.7 Å². The fraction of sp³-hybridized carbons (Fsp3) is 0.